The molecular weight excluding hydrogens is 313 g/mol. The number of esters is 1. The van der Waals surface area contributed by atoms with Crippen molar-refractivity contribution >= 4 is 11.7 Å². The molecule has 0 amide bonds. The van der Waals surface area contributed by atoms with Gasteiger partial charge in [-0.2, -0.15) is 0 Å². The fraction of sp³-hybridized carbons (Fsp3) is 0.278. The topological polar surface area (TPSA) is 69.4 Å². The van der Waals surface area contributed by atoms with Crippen LogP contribution >= 0.6 is 0 Å². The van der Waals surface area contributed by atoms with E-state index in [4.69, 9.17) is 4.74 Å². The number of nitrogens with zero attached hydrogens (tertiary/aromatic N) is 1. The van der Waals surface area contributed by atoms with E-state index in [1.54, 1.807) is 19.1 Å². The molecule has 2 aromatic rings. The van der Waals surface area contributed by atoms with Gasteiger partial charge in [-0.1, -0.05) is 18.6 Å². The number of benzene rings is 2. The highest BCUT2D eigenvalue weighted by Gasteiger charge is 2.47. The van der Waals surface area contributed by atoms with Gasteiger partial charge in [0.2, 0.25) is 0 Å². The molecule has 3 rings (SSSR count). The largest absolute Gasteiger partial charge is 0.426 e. The van der Waals surface area contributed by atoms with Crippen LogP contribution in [0.5, 0.6) is 5.75 Å². The Morgan fingerprint density at radius 2 is 2.00 bits per heavy atom. The van der Waals surface area contributed by atoms with Gasteiger partial charge in [-0.3, -0.25) is 14.9 Å². The van der Waals surface area contributed by atoms with Crippen molar-refractivity contribution < 1.29 is 18.8 Å². The Morgan fingerprint density at radius 1 is 1.25 bits per heavy atom. The summed E-state index contributed by atoms with van der Waals surface area (Å²) in [7, 11) is 0. The molecule has 0 heterocycles. The third kappa shape index (κ3) is 2.75. The Balaban J connectivity index is 1.86. The van der Waals surface area contributed by atoms with E-state index in [0.717, 1.165) is 6.42 Å². The molecule has 1 aliphatic carbocycles. The van der Waals surface area contributed by atoms with E-state index in [-0.39, 0.29) is 11.4 Å². The molecule has 0 bridgehead atoms. The number of aryl methyl sites for hydroxylation is 1. The Bertz CT molecular complexity index is 814. The van der Waals surface area contributed by atoms with Gasteiger partial charge in [-0.05, 0) is 49.6 Å². The van der Waals surface area contributed by atoms with E-state index in [1.165, 1.54) is 30.3 Å². The normalized spacial score (nSPS) is 15.4. The molecule has 0 spiro atoms. The molecule has 0 unspecified atom stereocenters. The highest BCUT2D eigenvalue weighted by molar-refractivity contribution is 5.86. The summed E-state index contributed by atoms with van der Waals surface area (Å²) in [6, 6.07) is 10.2. The smallest absolute Gasteiger partial charge is 0.321 e. The minimum Gasteiger partial charge on any atom is -0.426 e. The maximum Gasteiger partial charge on any atom is 0.321 e. The van der Waals surface area contributed by atoms with Gasteiger partial charge in [0, 0.05) is 11.6 Å². The van der Waals surface area contributed by atoms with Gasteiger partial charge in [0.15, 0.2) is 0 Å². The minimum atomic E-state index is -0.836. The summed E-state index contributed by atoms with van der Waals surface area (Å²) in [6.45, 7) is 1.58. The first-order chi connectivity index (χ1) is 11.4. The first-order valence-corrected chi connectivity index (χ1v) is 7.66. The molecule has 124 valence electrons. The summed E-state index contributed by atoms with van der Waals surface area (Å²) >= 11 is 0. The zero-order valence-corrected chi connectivity index (χ0v) is 13.1. The van der Waals surface area contributed by atoms with E-state index in [1.807, 2.05) is 0 Å². The van der Waals surface area contributed by atoms with Crippen molar-refractivity contribution in [3.8, 4) is 5.75 Å². The molecule has 2 aromatic carbocycles. The monoisotopic (exact) mass is 329 g/mol. The quantitative estimate of drug-likeness (QED) is 0.367. The van der Waals surface area contributed by atoms with Gasteiger partial charge in [0.05, 0.1) is 10.3 Å². The summed E-state index contributed by atoms with van der Waals surface area (Å²) < 4.78 is 19.0. The van der Waals surface area contributed by atoms with Crippen LogP contribution in [-0.2, 0) is 10.2 Å². The number of nitro benzene ring substituents is 1. The molecule has 0 saturated heterocycles. The third-order valence-electron chi connectivity index (χ3n) is 4.55. The highest BCUT2D eigenvalue weighted by Crippen LogP contribution is 2.45. The van der Waals surface area contributed by atoms with Crippen molar-refractivity contribution in [3.05, 3.63) is 69.5 Å². The minimum absolute atomic E-state index is 0.0294. The van der Waals surface area contributed by atoms with Crippen LogP contribution < -0.4 is 4.74 Å². The molecule has 1 fully saturated rings. The predicted molar refractivity (Wildman–Crippen MR) is 85.4 cm³/mol. The average molecular weight is 329 g/mol. The van der Waals surface area contributed by atoms with Crippen LogP contribution in [0, 0.1) is 22.9 Å². The lowest BCUT2D eigenvalue weighted by Crippen LogP contribution is -2.45. The summed E-state index contributed by atoms with van der Waals surface area (Å²) in [4.78, 5) is 23.0. The SMILES string of the molecule is Cc1cc(OC(=O)C2(c3cccc(F)c3)CCC2)ccc1[N+](=O)[O-]. The number of carbonyl (C=O) groups is 1. The first kappa shape index (κ1) is 16.1. The van der Waals surface area contributed by atoms with Crippen molar-refractivity contribution in [1.82, 2.24) is 0 Å². The summed E-state index contributed by atoms with van der Waals surface area (Å²) in [5.74, 6) is -0.587. The maximum atomic E-state index is 13.5. The zero-order chi connectivity index (χ0) is 17.3. The lowest BCUT2D eigenvalue weighted by Gasteiger charge is -2.39. The van der Waals surface area contributed by atoms with E-state index in [9.17, 15) is 19.3 Å². The van der Waals surface area contributed by atoms with Gasteiger partial charge in [0.25, 0.3) is 5.69 Å². The van der Waals surface area contributed by atoms with E-state index in [2.05, 4.69) is 0 Å². The number of rotatable bonds is 4. The average Bonchev–Trinajstić information content (AvgIpc) is 2.45. The Morgan fingerprint density at radius 3 is 2.54 bits per heavy atom. The summed E-state index contributed by atoms with van der Waals surface area (Å²) in [6.07, 6.45) is 2.06. The maximum absolute atomic E-state index is 13.5. The summed E-state index contributed by atoms with van der Waals surface area (Å²) in [5, 5.41) is 10.8. The molecule has 1 saturated carbocycles. The second kappa shape index (κ2) is 6.03. The van der Waals surface area contributed by atoms with Crippen molar-refractivity contribution in [2.75, 3.05) is 0 Å². The number of ether oxygens (including phenoxy) is 1. The second-order valence-electron chi connectivity index (χ2n) is 6.04. The van der Waals surface area contributed by atoms with Crippen molar-refractivity contribution in [2.24, 2.45) is 0 Å². The Hall–Kier alpha value is -2.76. The van der Waals surface area contributed by atoms with Crippen molar-refractivity contribution in [2.45, 2.75) is 31.6 Å². The van der Waals surface area contributed by atoms with Gasteiger partial charge >= 0.3 is 5.97 Å². The van der Waals surface area contributed by atoms with Gasteiger partial charge in [-0.25, -0.2) is 4.39 Å². The van der Waals surface area contributed by atoms with Gasteiger partial charge < -0.3 is 4.74 Å². The first-order valence-electron chi connectivity index (χ1n) is 7.66. The van der Waals surface area contributed by atoms with Crippen LogP contribution in [0.15, 0.2) is 42.5 Å². The second-order valence-corrected chi connectivity index (χ2v) is 6.04. The zero-order valence-electron chi connectivity index (χ0n) is 13.1. The highest BCUT2D eigenvalue weighted by atomic mass is 19.1. The van der Waals surface area contributed by atoms with Crippen LogP contribution in [0.3, 0.4) is 0 Å². The molecule has 0 N–H and O–H groups in total. The number of nitro groups is 1. The molecule has 6 heteroatoms. The molecular formula is C18H16FNO4. The number of hydrogen-bond donors (Lipinski definition) is 0. The fourth-order valence-corrected chi connectivity index (χ4v) is 3.03. The summed E-state index contributed by atoms with van der Waals surface area (Å²) in [5.41, 5.74) is 0.159. The van der Waals surface area contributed by atoms with Crippen LogP contribution in [-0.4, -0.2) is 10.9 Å². The van der Waals surface area contributed by atoms with Crippen LogP contribution in [0.2, 0.25) is 0 Å². The van der Waals surface area contributed by atoms with Crippen molar-refractivity contribution in [1.29, 1.82) is 0 Å². The molecule has 24 heavy (non-hydrogen) atoms. The molecule has 0 aromatic heterocycles. The molecule has 0 atom stereocenters. The Labute approximate surface area is 138 Å². The predicted octanol–water partition coefficient (Wildman–Crippen LogP) is 4.07. The van der Waals surface area contributed by atoms with E-state index in [0.29, 0.717) is 24.0 Å². The number of halogens is 1. The number of carbonyl (C=O) groups excluding carboxylic acids is 1. The third-order valence-corrected chi connectivity index (χ3v) is 4.55. The van der Waals surface area contributed by atoms with Crippen LogP contribution in [0.4, 0.5) is 10.1 Å². The lowest BCUT2D eigenvalue weighted by molar-refractivity contribution is -0.385. The number of hydrogen-bond acceptors (Lipinski definition) is 4. The molecule has 1 aliphatic rings. The lowest BCUT2D eigenvalue weighted by atomic mass is 9.64. The van der Waals surface area contributed by atoms with E-state index < -0.39 is 22.1 Å². The molecule has 0 aliphatic heterocycles. The molecule has 5 nitrogen and oxygen atoms in total. The van der Waals surface area contributed by atoms with Crippen molar-refractivity contribution in [3.63, 3.8) is 0 Å². The standard InChI is InChI=1S/C18H16FNO4/c1-12-10-15(6-7-16(12)20(22)23)24-17(21)18(8-3-9-18)13-4-2-5-14(19)11-13/h2,4-7,10-11H,3,8-9H2,1H3. The molecule has 0 radical (unpaired) electrons. The van der Waals surface area contributed by atoms with Crippen LogP contribution in [0.25, 0.3) is 0 Å². The van der Waals surface area contributed by atoms with Crippen LogP contribution in [0.1, 0.15) is 30.4 Å². The fourth-order valence-electron chi connectivity index (χ4n) is 3.03. The van der Waals surface area contributed by atoms with E-state index >= 15 is 0 Å². The Kier molecular flexibility index (Phi) is 4.05. The van der Waals surface area contributed by atoms with Gasteiger partial charge in [0.1, 0.15) is 11.6 Å². The van der Waals surface area contributed by atoms with Gasteiger partial charge in [-0.15, -0.1) is 0 Å².